The highest BCUT2D eigenvalue weighted by Gasteiger charge is 2.47. The van der Waals surface area contributed by atoms with E-state index in [1.165, 1.54) is 6.07 Å². The van der Waals surface area contributed by atoms with Crippen LogP contribution in [0.15, 0.2) is 39.5 Å². The second kappa shape index (κ2) is 8.96. The maximum Gasteiger partial charge on any atom is 0.305 e. The van der Waals surface area contributed by atoms with Crippen molar-refractivity contribution >= 4 is 16.9 Å². The zero-order chi connectivity index (χ0) is 25.6. The summed E-state index contributed by atoms with van der Waals surface area (Å²) in [5, 5.41) is 69.7. The maximum absolute atomic E-state index is 13.3. The summed E-state index contributed by atoms with van der Waals surface area (Å²) in [6.45, 7) is 1.01. The van der Waals surface area contributed by atoms with Crippen LogP contribution in [0.3, 0.4) is 0 Å². The molecule has 5 atom stereocenters. The van der Waals surface area contributed by atoms with Crippen LogP contribution in [0, 0.1) is 0 Å². The minimum Gasteiger partial charge on any atom is -0.508 e. The van der Waals surface area contributed by atoms with Gasteiger partial charge in [0.15, 0.2) is 17.3 Å². The molecule has 4 rings (SSSR count). The monoisotopic (exact) mass is 492 g/mol. The van der Waals surface area contributed by atoms with Crippen LogP contribution in [0.5, 0.6) is 28.7 Å². The second-order valence-corrected chi connectivity index (χ2v) is 7.70. The molecule has 0 radical (unpaired) electrons. The number of rotatable bonds is 4. The van der Waals surface area contributed by atoms with Gasteiger partial charge in [-0.25, -0.2) is 0 Å². The summed E-state index contributed by atoms with van der Waals surface area (Å²) in [6.07, 6.45) is -9.36. The van der Waals surface area contributed by atoms with Crippen molar-refractivity contribution in [1.82, 2.24) is 0 Å². The predicted octanol–water partition coefficient (Wildman–Crippen LogP) is -0.0106. The number of phenolic OH excluding ortho intramolecular Hbond substituents is 4. The molecule has 1 aromatic heterocycles. The summed E-state index contributed by atoms with van der Waals surface area (Å²) >= 11 is 0. The van der Waals surface area contributed by atoms with Gasteiger partial charge in [-0.15, -0.1) is 0 Å². The molecule has 1 aliphatic heterocycles. The second-order valence-electron chi connectivity index (χ2n) is 7.70. The zero-order valence-electron chi connectivity index (χ0n) is 17.9. The van der Waals surface area contributed by atoms with Gasteiger partial charge in [0.2, 0.25) is 23.8 Å². The van der Waals surface area contributed by atoms with E-state index in [1.807, 2.05) is 0 Å². The number of hydrogen-bond donors (Lipinski definition) is 7. The summed E-state index contributed by atoms with van der Waals surface area (Å²) in [7, 11) is 0. The molecule has 0 aliphatic carbocycles. The molecule has 0 amide bonds. The van der Waals surface area contributed by atoms with Gasteiger partial charge in [0.05, 0.1) is 0 Å². The standard InChI is InChI=1S/C22H20O13/c1-7(23)32-21-17(30)16(29)18(31)22(35-21)34-20-15(28)14-12(27)5-9(24)6-13(14)33-19(20)8-2-3-10(25)11(26)4-8/h2-6,16-18,21-22,24-27,29-31H,1H3/t16-,17+,18+,21-,22+/m0/s1. The molecule has 1 saturated heterocycles. The van der Waals surface area contributed by atoms with Crippen molar-refractivity contribution in [2.75, 3.05) is 0 Å². The van der Waals surface area contributed by atoms with Crippen LogP contribution in [0.4, 0.5) is 0 Å². The maximum atomic E-state index is 13.3. The number of fused-ring (bicyclic) bond motifs is 1. The van der Waals surface area contributed by atoms with Crippen LogP contribution in [0.1, 0.15) is 6.92 Å². The SMILES string of the molecule is CC(=O)O[C@H]1O[C@@H](Oc2c(-c3ccc(O)c(O)c3)oc3cc(O)cc(O)c3c2=O)[C@H](O)[C@@H](O)[C@H]1O. The first-order chi connectivity index (χ1) is 16.5. The van der Waals surface area contributed by atoms with Crippen LogP contribution >= 0.6 is 0 Å². The first-order valence-corrected chi connectivity index (χ1v) is 10.1. The fourth-order valence-corrected chi connectivity index (χ4v) is 3.52. The van der Waals surface area contributed by atoms with Gasteiger partial charge in [-0.05, 0) is 18.2 Å². The molecule has 3 aromatic rings. The van der Waals surface area contributed by atoms with E-state index in [4.69, 9.17) is 18.6 Å². The largest absolute Gasteiger partial charge is 0.508 e. The molecule has 0 spiro atoms. The molecule has 13 nitrogen and oxygen atoms in total. The normalized spacial score (nSPS) is 24.3. The Balaban J connectivity index is 1.88. The Labute approximate surface area is 195 Å². The number of aromatic hydroxyl groups is 4. The average Bonchev–Trinajstić information content (AvgIpc) is 2.78. The van der Waals surface area contributed by atoms with Crippen molar-refractivity contribution in [3.63, 3.8) is 0 Å². The lowest BCUT2D eigenvalue weighted by molar-refractivity contribution is -0.324. The fraction of sp³-hybridized carbons (Fsp3) is 0.273. The van der Waals surface area contributed by atoms with E-state index in [1.54, 1.807) is 0 Å². The van der Waals surface area contributed by atoms with Crippen molar-refractivity contribution in [2.24, 2.45) is 0 Å². The van der Waals surface area contributed by atoms with Crippen molar-refractivity contribution < 1.29 is 59.2 Å². The lowest BCUT2D eigenvalue weighted by Crippen LogP contribution is -2.60. The van der Waals surface area contributed by atoms with Crippen LogP contribution in [0.25, 0.3) is 22.3 Å². The quantitative estimate of drug-likeness (QED) is 0.189. The lowest BCUT2D eigenvalue weighted by atomic mass is 10.0. The van der Waals surface area contributed by atoms with Gasteiger partial charge in [-0.3, -0.25) is 14.3 Å². The summed E-state index contributed by atoms with van der Waals surface area (Å²) in [5.74, 6) is -4.12. The number of carbonyl (C=O) groups is 1. The van der Waals surface area contributed by atoms with Crippen molar-refractivity contribution in [2.45, 2.75) is 37.8 Å². The summed E-state index contributed by atoms with van der Waals surface area (Å²) < 4.78 is 21.2. The Morgan fingerprint density at radius 3 is 2.23 bits per heavy atom. The minimum absolute atomic E-state index is 0.0143. The summed E-state index contributed by atoms with van der Waals surface area (Å²) in [4.78, 5) is 24.6. The molecule has 1 aliphatic rings. The smallest absolute Gasteiger partial charge is 0.305 e. The van der Waals surface area contributed by atoms with E-state index in [-0.39, 0.29) is 16.9 Å². The summed E-state index contributed by atoms with van der Waals surface area (Å²) in [6, 6.07) is 5.26. The highest BCUT2D eigenvalue weighted by Crippen LogP contribution is 2.39. The molecule has 0 bridgehead atoms. The Bertz CT molecular complexity index is 1350. The number of ether oxygens (including phenoxy) is 3. The third-order valence-corrected chi connectivity index (χ3v) is 5.20. The predicted molar refractivity (Wildman–Crippen MR) is 114 cm³/mol. The first-order valence-electron chi connectivity index (χ1n) is 10.1. The number of aliphatic hydroxyl groups is 3. The molecule has 2 heterocycles. The molecule has 7 N–H and O–H groups in total. The van der Waals surface area contributed by atoms with Gasteiger partial charge in [-0.1, -0.05) is 0 Å². The van der Waals surface area contributed by atoms with E-state index in [0.29, 0.717) is 0 Å². The van der Waals surface area contributed by atoms with Crippen LogP contribution in [-0.4, -0.2) is 72.6 Å². The van der Waals surface area contributed by atoms with Crippen LogP contribution in [0.2, 0.25) is 0 Å². The van der Waals surface area contributed by atoms with E-state index in [0.717, 1.165) is 31.2 Å². The third-order valence-electron chi connectivity index (χ3n) is 5.20. The van der Waals surface area contributed by atoms with E-state index in [2.05, 4.69) is 0 Å². The lowest BCUT2D eigenvalue weighted by Gasteiger charge is -2.39. The fourth-order valence-electron chi connectivity index (χ4n) is 3.52. The van der Waals surface area contributed by atoms with Gasteiger partial charge in [0, 0.05) is 24.6 Å². The van der Waals surface area contributed by atoms with Crippen molar-refractivity contribution in [3.8, 4) is 40.1 Å². The van der Waals surface area contributed by atoms with Gasteiger partial charge >= 0.3 is 5.97 Å². The number of esters is 1. The Morgan fingerprint density at radius 2 is 1.57 bits per heavy atom. The Kier molecular flexibility index (Phi) is 6.17. The molecule has 186 valence electrons. The van der Waals surface area contributed by atoms with Gasteiger partial charge < -0.3 is 49.6 Å². The molecule has 2 aromatic carbocycles. The van der Waals surface area contributed by atoms with Crippen LogP contribution < -0.4 is 10.2 Å². The summed E-state index contributed by atoms with van der Waals surface area (Å²) in [5.41, 5.74) is -1.30. The molecular formula is C22H20O13. The molecule has 0 saturated carbocycles. The minimum atomic E-state index is -1.94. The highest BCUT2D eigenvalue weighted by atomic mass is 16.8. The van der Waals surface area contributed by atoms with E-state index in [9.17, 15) is 45.3 Å². The average molecular weight is 492 g/mol. The molecule has 0 unspecified atom stereocenters. The number of benzene rings is 2. The third kappa shape index (κ3) is 4.40. The molecule has 1 fully saturated rings. The molecule has 13 heteroatoms. The van der Waals surface area contributed by atoms with E-state index < -0.39 is 76.4 Å². The van der Waals surface area contributed by atoms with Crippen LogP contribution in [-0.2, 0) is 14.3 Å². The number of phenols is 4. The molecular weight excluding hydrogens is 472 g/mol. The number of carbonyl (C=O) groups excluding carboxylic acids is 1. The first kappa shape index (κ1) is 24.1. The highest BCUT2D eigenvalue weighted by molar-refractivity contribution is 5.88. The Hall–Kier alpha value is -4.04. The van der Waals surface area contributed by atoms with Crippen molar-refractivity contribution in [3.05, 3.63) is 40.6 Å². The van der Waals surface area contributed by atoms with Gasteiger partial charge in [-0.2, -0.15) is 0 Å². The molecule has 35 heavy (non-hydrogen) atoms. The van der Waals surface area contributed by atoms with E-state index >= 15 is 0 Å². The Morgan fingerprint density at radius 1 is 0.886 bits per heavy atom. The number of aliphatic hydroxyl groups excluding tert-OH is 3. The van der Waals surface area contributed by atoms with Crippen molar-refractivity contribution in [1.29, 1.82) is 0 Å². The zero-order valence-corrected chi connectivity index (χ0v) is 17.9. The topological polar surface area (TPSA) is 217 Å². The van der Waals surface area contributed by atoms with Gasteiger partial charge in [0.1, 0.15) is 40.8 Å². The van der Waals surface area contributed by atoms with Gasteiger partial charge in [0.25, 0.3) is 0 Å². The number of hydrogen-bond acceptors (Lipinski definition) is 13.